The molecule has 5 heteroatoms. The summed E-state index contributed by atoms with van der Waals surface area (Å²) in [6, 6.07) is 9.77. The van der Waals surface area contributed by atoms with Gasteiger partial charge in [0.15, 0.2) is 11.5 Å². The van der Waals surface area contributed by atoms with Gasteiger partial charge in [0.05, 0.1) is 24.7 Å². The second-order valence-corrected chi connectivity index (χ2v) is 6.75. The van der Waals surface area contributed by atoms with Gasteiger partial charge in [0.2, 0.25) is 5.91 Å². The lowest BCUT2D eigenvalue weighted by atomic mass is 10.0. The molecule has 0 aliphatic carbocycles. The predicted octanol–water partition coefficient (Wildman–Crippen LogP) is 4.81. The molecule has 26 heavy (non-hydrogen) atoms. The van der Waals surface area contributed by atoms with Gasteiger partial charge in [-0.15, -0.1) is 0 Å². The first-order valence-electron chi connectivity index (χ1n) is 9.11. The topological polar surface area (TPSA) is 47.6 Å². The number of rotatable bonds is 5. The van der Waals surface area contributed by atoms with Crippen molar-refractivity contribution >= 4 is 23.2 Å². The van der Waals surface area contributed by atoms with E-state index in [1.807, 2.05) is 12.1 Å². The maximum absolute atomic E-state index is 12.6. The van der Waals surface area contributed by atoms with E-state index in [9.17, 15) is 4.79 Å². The summed E-state index contributed by atoms with van der Waals surface area (Å²) >= 11 is 6.32. The first kappa shape index (κ1) is 18.6. The number of amides is 1. The molecule has 0 saturated carbocycles. The van der Waals surface area contributed by atoms with Gasteiger partial charge in [-0.2, -0.15) is 0 Å². The quantitative estimate of drug-likeness (QED) is 0.818. The summed E-state index contributed by atoms with van der Waals surface area (Å²) in [5.74, 6) is 1.12. The summed E-state index contributed by atoms with van der Waals surface area (Å²) in [4.78, 5) is 12.6. The van der Waals surface area contributed by atoms with E-state index >= 15 is 0 Å². The monoisotopic (exact) mass is 373 g/mol. The van der Waals surface area contributed by atoms with Gasteiger partial charge in [-0.25, -0.2) is 0 Å². The minimum Gasteiger partial charge on any atom is -0.489 e. The molecule has 1 aliphatic heterocycles. The van der Waals surface area contributed by atoms with Crippen LogP contribution >= 0.6 is 11.6 Å². The summed E-state index contributed by atoms with van der Waals surface area (Å²) in [5, 5.41) is 3.57. The van der Waals surface area contributed by atoms with Crippen molar-refractivity contribution in [3.05, 3.63) is 52.0 Å². The van der Waals surface area contributed by atoms with Crippen LogP contribution in [0.4, 0.5) is 5.69 Å². The number of halogens is 1. The van der Waals surface area contributed by atoms with Gasteiger partial charge in [-0.3, -0.25) is 4.79 Å². The lowest BCUT2D eigenvalue weighted by Gasteiger charge is -2.15. The second kappa shape index (κ2) is 8.45. The Balaban J connectivity index is 1.79. The van der Waals surface area contributed by atoms with Crippen molar-refractivity contribution in [1.82, 2.24) is 0 Å². The molecule has 0 radical (unpaired) electrons. The van der Waals surface area contributed by atoms with E-state index in [1.54, 1.807) is 6.07 Å². The number of hydrogen-bond donors (Lipinski definition) is 1. The Labute approximate surface area is 159 Å². The number of ether oxygens (including phenoxy) is 2. The lowest BCUT2D eigenvalue weighted by Crippen LogP contribution is -2.17. The normalized spacial score (nSPS) is 13.2. The fourth-order valence-corrected chi connectivity index (χ4v) is 3.45. The maximum Gasteiger partial charge on any atom is 0.228 e. The van der Waals surface area contributed by atoms with Crippen LogP contribution in [0.3, 0.4) is 0 Å². The van der Waals surface area contributed by atoms with E-state index in [0.717, 1.165) is 41.6 Å². The number of aryl methyl sites for hydroxylation is 2. The van der Waals surface area contributed by atoms with Crippen LogP contribution in [0, 0.1) is 0 Å². The van der Waals surface area contributed by atoms with Crippen molar-refractivity contribution in [1.29, 1.82) is 0 Å². The molecule has 4 nitrogen and oxygen atoms in total. The molecule has 2 aromatic rings. The van der Waals surface area contributed by atoms with Crippen LogP contribution in [0.5, 0.6) is 11.5 Å². The largest absolute Gasteiger partial charge is 0.489 e. The number of carbonyl (C=O) groups is 1. The summed E-state index contributed by atoms with van der Waals surface area (Å²) in [6.45, 7) is 5.35. The molecule has 1 aliphatic rings. The number of para-hydroxylation sites is 1. The summed E-state index contributed by atoms with van der Waals surface area (Å²) < 4.78 is 11.3. The molecule has 1 heterocycles. The maximum atomic E-state index is 12.6. The Kier molecular flexibility index (Phi) is 6.04. The lowest BCUT2D eigenvalue weighted by molar-refractivity contribution is -0.115. The molecule has 0 unspecified atom stereocenters. The van der Waals surface area contributed by atoms with Gasteiger partial charge in [0, 0.05) is 12.1 Å². The van der Waals surface area contributed by atoms with Crippen molar-refractivity contribution in [2.75, 3.05) is 18.5 Å². The Morgan fingerprint density at radius 3 is 2.50 bits per heavy atom. The van der Waals surface area contributed by atoms with Crippen LogP contribution in [0.15, 0.2) is 30.3 Å². The highest BCUT2D eigenvalue weighted by Gasteiger charge is 2.17. The summed E-state index contributed by atoms with van der Waals surface area (Å²) in [6.07, 6.45) is 2.80. The van der Waals surface area contributed by atoms with Crippen molar-refractivity contribution in [3.63, 3.8) is 0 Å². The van der Waals surface area contributed by atoms with Crippen LogP contribution in [-0.2, 0) is 24.1 Å². The van der Waals surface area contributed by atoms with Crippen LogP contribution in [0.2, 0.25) is 5.02 Å². The highest BCUT2D eigenvalue weighted by atomic mass is 35.5. The molecule has 0 atom stereocenters. The zero-order valence-corrected chi connectivity index (χ0v) is 16.0. The SMILES string of the molecule is CCc1cccc(CC)c1NC(=O)Cc1cc(Cl)c2c(c1)OCCCO2. The number of nitrogens with one attached hydrogen (secondary N) is 1. The molecule has 3 rings (SSSR count). The summed E-state index contributed by atoms with van der Waals surface area (Å²) in [5.41, 5.74) is 4.04. The van der Waals surface area contributed by atoms with Crippen LogP contribution in [-0.4, -0.2) is 19.1 Å². The molecule has 2 aromatic carbocycles. The van der Waals surface area contributed by atoms with E-state index in [2.05, 4.69) is 31.3 Å². The van der Waals surface area contributed by atoms with E-state index in [-0.39, 0.29) is 12.3 Å². The Morgan fingerprint density at radius 2 is 1.81 bits per heavy atom. The van der Waals surface area contributed by atoms with Gasteiger partial charge in [0.1, 0.15) is 0 Å². The van der Waals surface area contributed by atoms with E-state index < -0.39 is 0 Å². The number of fused-ring (bicyclic) bond motifs is 1. The molecule has 0 spiro atoms. The molecule has 138 valence electrons. The number of hydrogen-bond acceptors (Lipinski definition) is 3. The smallest absolute Gasteiger partial charge is 0.228 e. The molecule has 1 N–H and O–H groups in total. The highest BCUT2D eigenvalue weighted by molar-refractivity contribution is 6.32. The molecule has 0 bridgehead atoms. The number of benzene rings is 2. The zero-order chi connectivity index (χ0) is 18.5. The predicted molar refractivity (Wildman–Crippen MR) is 105 cm³/mol. The van der Waals surface area contributed by atoms with Gasteiger partial charge >= 0.3 is 0 Å². The van der Waals surface area contributed by atoms with Crippen molar-refractivity contribution in [2.45, 2.75) is 39.5 Å². The van der Waals surface area contributed by atoms with Crippen molar-refractivity contribution in [3.8, 4) is 11.5 Å². The molecule has 0 aromatic heterocycles. The molecular weight excluding hydrogens is 350 g/mol. The molecule has 1 amide bonds. The van der Waals surface area contributed by atoms with E-state index in [4.69, 9.17) is 21.1 Å². The highest BCUT2D eigenvalue weighted by Crippen LogP contribution is 2.38. The van der Waals surface area contributed by atoms with Crippen LogP contribution < -0.4 is 14.8 Å². The Hall–Kier alpha value is -2.20. The third-order valence-electron chi connectivity index (χ3n) is 4.49. The zero-order valence-electron chi connectivity index (χ0n) is 15.2. The van der Waals surface area contributed by atoms with E-state index in [1.165, 1.54) is 0 Å². The van der Waals surface area contributed by atoms with E-state index in [0.29, 0.717) is 29.7 Å². The van der Waals surface area contributed by atoms with Crippen LogP contribution in [0.25, 0.3) is 0 Å². The molecular formula is C21H24ClNO3. The fraction of sp³-hybridized carbons (Fsp3) is 0.381. The standard InChI is InChI=1S/C21H24ClNO3/c1-3-15-7-5-8-16(4-2)20(15)23-19(24)13-14-11-17(22)21-18(12-14)25-9-6-10-26-21/h5,7-8,11-12H,3-4,6,9-10,13H2,1-2H3,(H,23,24). The minimum atomic E-state index is -0.0637. The average molecular weight is 374 g/mol. The second-order valence-electron chi connectivity index (χ2n) is 6.34. The third-order valence-corrected chi connectivity index (χ3v) is 4.77. The van der Waals surface area contributed by atoms with Crippen molar-refractivity contribution in [2.24, 2.45) is 0 Å². The van der Waals surface area contributed by atoms with Crippen LogP contribution in [0.1, 0.15) is 37.0 Å². The molecule has 0 fully saturated rings. The summed E-state index contributed by atoms with van der Waals surface area (Å²) in [7, 11) is 0. The Morgan fingerprint density at radius 1 is 1.12 bits per heavy atom. The van der Waals surface area contributed by atoms with Gasteiger partial charge in [-0.05, 0) is 41.7 Å². The number of anilines is 1. The first-order valence-corrected chi connectivity index (χ1v) is 9.48. The van der Waals surface area contributed by atoms with Gasteiger partial charge < -0.3 is 14.8 Å². The van der Waals surface area contributed by atoms with Gasteiger partial charge in [0.25, 0.3) is 0 Å². The third kappa shape index (κ3) is 4.13. The number of carbonyl (C=O) groups excluding carboxylic acids is 1. The Bertz CT molecular complexity index is 782. The average Bonchev–Trinajstić information content (AvgIpc) is 2.87. The minimum absolute atomic E-state index is 0.0637. The first-order chi connectivity index (χ1) is 12.6. The van der Waals surface area contributed by atoms with Gasteiger partial charge in [-0.1, -0.05) is 43.6 Å². The molecule has 0 saturated heterocycles. The van der Waals surface area contributed by atoms with Crippen molar-refractivity contribution < 1.29 is 14.3 Å². The fourth-order valence-electron chi connectivity index (χ4n) is 3.16.